The molecule has 5 nitrogen and oxygen atoms in total. The SMILES string of the molecule is S=c1[nH]nc(N2CCCOCC2)n1-c1ccccc1. The Morgan fingerprint density at radius 2 is 2.00 bits per heavy atom. The molecule has 0 radical (unpaired) electrons. The normalized spacial score (nSPS) is 16.3. The number of rotatable bonds is 2. The second-order valence-corrected chi connectivity index (χ2v) is 4.84. The summed E-state index contributed by atoms with van der Waals surface area (Å²) in [5, 5.41) is 7.26. The Kier molecular flexibility index (Phi) is 3.61. The maximum Gasteiger partial charge on any atom is 0.230 e. The van der Waals surface area contributed by atoms with Crippen molar-refractivity contribution in [3.05, 3.63) is 35.1 Å². The highest BCUT2D eigenvalue weighted by Gasteiger charge is 2.17. The lowest BCUT2D eigenvalue weighted by Crippen LogP contribution is -2.28. The van der Waals surface area contributed by atoms with Crippen molar-refractivity contribution in [2.24, 2.45) is 0 Å². The summed E-state index contributed by atoms with van der Waals surface area (Å²) in [6.07, 6.45) is 1.01. The maximum absolute atomic E-state index is 5.48. The third kappa shape index (κ3) is 2.54. The summed E-state index contributed by atoms with van der Waals surface area (Å²) in [5.41, 5.74) is 1.03. The minimum atomic E-state index is 0.617. The van der Waals surface area contributed by atoms with Gasteiger partial charge in [-0.1, -0.05) is 18.2 Å². The molecule has 0 aliphatic carbocycles. The van der Waals surface area contributed by atoms with Gasteiger partial charge in [0.1, 0.15) is 0 Å². The largest absolute Gasteiger partial charge is 0.380 e. The third-order valence-electron chi connectivity index (χ3n) is 3.17. The fourth-order valence-electron chi connectivity index (χ4n) is 2.26. The molecule has 0 atom stereocenters. The van der Waals surface area contributed by atoms with E-state index in [1.165, 1.54) is 0 Å². The number of nitrogens with zero attached hydrogens (tertiary/aromatic N) is 3. The van der Waals surface area contributed by atoms with Crippen molar-refractivity contribution >= 4 is 18.2 Å². The third-order valence-corrected chi connectivity index (χ3v) is 3.45. The molecule has 2 aromatic rings. The quantitative estimate of drug-likeness (QED) is 0.854. The Bertz CT molecular complexity index is 584. The highest BCUT2D eigenvalue weighted by Crippen LogP contribution is 2.19. The second-order valence-electron chi connectivity index (χ2n) is 4.45. The Morgan fingerprint density at radius 3 is 2.84 bits per heavy atom. The highest BCUT2D eigenvalue weighted by molar-refractivity contribution is 7.71. The lowest BCUT2D eigenvalue weighted by Gasteiger charge is -2.21. The molecule has 2 heterocycles. The highest BCUT2D eigenvalue weighted by atomic mass is 32.1. The van der Waals surface area contributed by atoms with Gasteiger partial charge in [-0.3, -0.25) is 4.57 Å². The summed E-state index contributed by atoms with van der Waals surface area (Å²) >= 11 is 5.35. The predicted molar refractivity (Wildman–Crippen MR) is 76.4 cm³/mol. The minimum Gasteiger partial charge on any atom is -0.380 e. The van der Waals surface area contributed by atoms with E-state index in [-0.39, 0.29) is 0 Å². The monoisotopic (exact) mass is 276 g/mol. The van der Waals surface area contributed by atoms with E-state index in [1.54, 1.807) is 0 Å². The van der Waals surface area contributed by atoms with Gasteiger partial charge in [-0.05, 0) is 30.8 Å². The zero-order valence-corrected chi connectivity index (χ0v) is 11.4. The van der Waals surface area contributed by atoms with Crippen LogP contribution in [0.2, 0.25) is 0 Å². The standard InChI is InChI=1S/C13H16N4OS/c19-13-15-14-12(16-7-4-9-18-10-8-16)17(13)11-5-2-1-3-6-11/h1-3,5-6H,4,7-10H2,(H,15,19). The topological polar surface area (TPSA) is 46.1 Å². The fraction of sp³-hybridized carbons (Fsp3) is 0.385. The van der Waals surface area contributed by atoms with Crippen LogP contribution in [0.5, 0.6) is 0 Å². The molecule has 0 saturated carbocycles. The van der Waals surface area contributed by atoms with Crippen molar-refractivity contribution in [2.75, 3.05) is 31.2 Å². The molecule has 0 bridgehead atoms. The molecule has 1 N–H and O–H groups in total. The molecular weight excluding hydrogens is 260 g/mol. The number of ether oxygens (including phenoxy) is 1. The molecule has 1 aromatic carbocycles. The molecular formula is C13H16N4OS. The zero-order valence-electron chi connectivity index (χ0n) is 10.6. The molecule has 1 aliphatic heterocycles. The van der Waals surface area contributed by atoms with E-state index in [1.807, 2.05) is 34.9 Å². The Morgan fingerprint density at radius 1 is 1.16 bits per heavy atom. The van der Waals surface area contributed by atoms with E-state index < -0.39 is 0 Å². The number of aromatic amines is 1. The first kappa shape index (κ1) is 12.4. The van der Waals surface area contributed by atoms with Crippen molar-refractivity contribution in [1.29, 1.82) is 0 Å². The maximum atomic E-state index is 5.48. The van der Waals surface area contributed by atoms with E-state index in [0.717, 1.165) is 44.4 Å². The number of para-hydroxylation sites is 1. The average Bonchev–Trinajstić information content (AvgIpc) is 2.67. The van der Waals surface area contributed by atoms with Gasteiger partial charge in [-0.2, -0.15) is 0 Å². The van der Waals surface area contributed by atoms with Crippen LogP contribution in [0, 0.1) is 4.77 Å². The summed E-state index contributed by atoms with van der Waals surface area (Å²) in [7, 11) is 0. The van der Waals surface area contributed by atoms with E-state index in [0.29, 0.717) is 4.77 Å². The van der Waals surface area contributed by atoms with Crippen LogP contribution >= 0.6 is 12.2 Å². The molecule has 0 amide bonds. The number of benzene rings is 1. The van der Waals surface area contributed by atoms with Crippen LogP contribution in [-0.4, -0.2) is 41.1 Å². The molecule has 1 saturated heterocycles. The van der Waals surface area contributed by atoms with Crippen LogP contribution in [0.25, 0.3) is 5.69 Å². The van der Waals surface area contributed by atoms with Gasteiger partial charge in [-0.25, -0.2) is 5.10 Å². The molecule has 100 valence electrons. The first-order chi connectivity index (χ1) is 9.36. The molecule has 6 heteroatoms. The molecule has 1 aromatic heterocycles. The van der Waals surface area contributed by atoms with Gasteiger partial charge >= 0.3 is 0 Å². The van der Waals surface area contributed by atoms with Crippen LogP contribution < -0.4 is 4.90 Å². The number of aromatic nitrogens is 3. The van der Waals surface area contributed by atoms with Gasteiger partial charge in [0.05, 0.1) is 12.3 Å². The van der Waals surface area contributed by atoms with Crippen molar-refractivity contribution in [3.63, 3.8) is 0 Å². The smallest absolute Gasteiger partial charge is 0.230 e. The molecule has 3 rings (SSSR count). The van der Waals surface area contributed by atoms with Gasteiger partial charge < -0.3 is 9.64 Å². The van der Waals surface area contributed by atoms with Crippen molar-refractivity contribution in [3.8, 4) is 5.69 Å². The Balaban J connectivity index is 2.01. The van der Waals surface area contributed by atoms with Gasteiger partial charge in [0.25, 0.3) is 0 Å². The summed E-state index contributed by atoms with van der Waals surface area (Å²) in [4.78, 5) is 2.21. The van der Waals surface area contributed by atoms with Crippen molar-refractivity contribution in [1.82, 2.24) is 14.8 Å². The summed E-state index contributed by atoms with van der Waals surface area (Å²) in [6.45, 7) is 3.32. The Labute approximate surface area is 116 Å². The predicted octanol–water partition coefficient (Wildman–Crippen LogP) is 2.16. The van der Waals surface area contributed by atoms with Crippen LogP contribution in [0.1, 0.15) is 6.42 Å². The second kappa shape index (κ2) is 5.54. The van der Waals surface area contributed by atoms with Crippen LogP contribution in [0.15, 0.2) is 30.3 Å². The van der Waals surface area contributed by atoms with Gasteiger partial charge in [0.2, 0.25) is 10.7 Å². The molecule has 19 heavy (non-hydrogen) atoms. The summed E-state index contributed by atoms with van der Waals surface area (Å²) < 4.78 is 8.07. The Hall–Kier alpha value is -1.66. The molecule has 1 aliphatic rings. The number of anilines is 1. The minimum absolute atomic E-state index is 0.617. The summed E-state index contributed by atoms with van der Waals surface area (Å²) in [6, 6.07) is 10.1. The van der Waals surface area contributed by atoms with Crippen LogP contribution in [0.4, 0.5) is 5.95 Å². The number of nitrogens with one attached hydrogen (secondary N) is 1. The van der Waals surface area contributed by atoms with Crippen LogP contribution in [0.3, 0.4) is 0 Å². The zero-order chi connectivity index (χ0) is 13.1. The summed E-state index contributed by atoms with van der Waals surface area (Å²) in [5.74, 6) is 0.863. The van der Waals surface area contributed by atoms with E-state index >= 15 is 0 Å². The lowest BCUT2D eigenvalue weighted by molar-refractivity contribution is 0.152. The van der Waals surface area contributed by atoms with Gasteiger partial charge in [-0.15, -0.1) is 5.10 Å². The molecule has 0 spiro atoms. The number of hydrogen-bond acceptors (Lipinski definition) is 4. The van der Waals surface area contributed by atoms with Crippen molar-refractivity contribution < 1.29 is 4.74 Å². The van der Waals surface area contributed by atoms with Crippen molar-refractivity contribution in [2.45, 2.75) is 6.42 Å². The first-order valence-corrected chi connectivity index (χ1v) is 6.82. The van der Waals surface area contributed by atoms with Crippen LogP contribution in [-0.2, 0) is 4.74 Å². The lowest BCUT2D eigenvalue weighted by atomic mass is 10.3. The average molecular weight is 276 g/mol. The number of hydrogen-bond donors (Lipinski definition) is 1. The fourth-order valence-corrected chi connectivity index (χ4v) is 2.49. The number of H-pyrrole nitrogens is 1. The van der Waals surface area contributed by atoms with E-state index in [4.69, 9.17) is 17.0 Å². The van der Waals surface area contributed by atoms with E-state index in [9.17, 15) is 0 Å². The molecule has 1 fully saturated rings. The van der Waals surface area contributed by atoms with Gasteiger partial charge in [0.15, 0.2) is 0 Å². The molecule has 0 unspecified atom stereocenters. The first-order valence-electron chi connectivity index (χ1n) is 6.42. The van der Waals surface area contributed by atoms with E-state index in [2.05, 4.69) is 15.1 Å². The van der Waals surface area contributed by atoms with Gasteiger partial charge in [0, 0.05) is 19.7 Å².